The number of piperidine rings is 1. The van der Waals surface area contributed by atoms with Gasteiger partial charge in [0.2, 0.25) is 0 Å². The summed E-state index contributed by atoms with van der Waals surface area (Å²) < 4.78 is 0. The Morgan fingerprint density at radius 1 is 1.47 bits per heavy atom. The first-order valence-corrected chi connectivity index (χ1v) is 7.13. The topological polar surface area (TPSA) is 40.5 Å². The van der Waals surface area contributed by atoms with Gasteiger partial charge in [-0.1, -0.05) is 36.8 Å². The second kappa shape index (κ2) is 6.20. The van der Waals surface area contributed by atoms with Crippen molar-refractivity contribution in [1.29, 1.82) is 0 Å². The minimum absolute atomic E-state index is 0.123. The number of carbonyl (C=O) groups is 1. The van der Waals surface area contributed by atoms with Gasteiger partial charge in [-0.15, -0.1) is 0 Å². The fourth-order valence-corrected chi connectivity index (χ4v) is 3.07. The Labute approximate surface area is 115 Å². The Morgan fingerprint density at radius 3 is 2.89 bits per heavy atom. The minimum atomic E-state index is -0.650. The standard InChI is InChI=1S/C16H23NO2/c1-3-8-17-9-7-14(16(18)19)15(11-17)13-6-4-5-12(2)10-13/h4-6,10,14-15H,3,7-9,11H2,1-2H3,(H,18,19). The number of hydrogen-bond acceptors (Lipinski definition) is 2. The molecular weight excluding hydrogens is 238 g/mol. The van der Waals surface area contributed by atoms with E-state index in [0.717, 1.165) is 32.5 Å². The van der Waals surface area contributed by atoms with E-state index in [1.54, 1.807) is 0 Å². The van der Waals surface area contributed by atoms with E-state index in [4.69, 9.17) is 0 Å². The third kappa shape index (κ3) is 3.35. The Kier molecular flexibility index (Phi) is 4.59. The van der Waals surface area contributed by atoms with Crippen molar-refractivity contribution in [1.82, 2.24) is 4.90 Å². The van der Waals surface area contributed by atoms with Crippen LogP contribution in [0.4, 0.5) is 0 Å². The zero-order valence-electron chi connectivity index (χ0n) is 11.8. The molecule has 2 atom stereocenters. The van der Waals surface area contributed by atoms with Gasteiger partial charge < -0.3 is 10.0 Å². The molecule has 104 valence electrons. The summed E-state index contributed by atoms with van der Waals surface area (Å²) in [5.74, 6) is -0.768. The zero-order chi connectivity index (χ0) is 13.8. The van der Waals surface area contributed by atoms with E-state index < -0.39 is 5.97 Å². The van der Waals surface area contributed by atoms with Crippen LogP contribution in [-0.2, 0) is 4.79 Å². The molecule has 19 heavy (non-hydrogen) atoms. The molecule has 1 aromatic rings. The highest BCUT2D eigenvalue weighted by atomic mass is 16.4. The van der Waals surface area contributed by atoms with Crippen molar-refractivity contribution < 1.29 is 9.90 Å². The fourth-order valence-electron chi connectivity index (χ4n) is 3.07. The van der Waals surface area contributed by atoms with E-state index in [1.165, 1.54) is 11.1 Å². The highest BCUT2D eigenvalue weighted by Crippen LogP contribution is 2.33. The first-order chi connectivity index (χ1) is 9.11. The summed E-state index contributed by atoms with van der Waals surface area (Å²) in [6, 6.07) is 8.30. The molecule has 0 saturated carbocycles. The second-order valence-corrected chi connectivity index (χ2v) is 5.55. The van der Waals surface area contributed by atoms with Gasteiger partial charge in [0.25, 0.3) is 0 Å². The predicted octanol–water partition coefficient (Wildman–Crippen LogP) is 2.90. The second-order valence-electron chi connectivity index (χ2n) is 5.55. The fraction of sp³-hybridized carbons (Fsp3) is 0.562. The first-order valence-electron chi connectivity index (χ1n) is 7.13. The van der Waals surface area contributed by atoms with Crippen LogP contribution in [0.15, 0.2) is 24.3 Å². The lowest BCUT2D eigenvalue weighted by molar-refractivity contribution is -0.144. The van der Waals surface area contributed by atoms with Gasteiger partial charge in [-0.2, -0.15) is 0 Å². The molecular formula is C16H23NO2. The lowest BCUT2D eigenvalue weighted by Gasteiger charge is -2.37. The van der Waals surface area contributed by atoms with Gasteiger partial charge in [-0.25, -0.2) is 0 Å². The molecule has 2 unspecified atom stereocenters. The molecule has 1 aliphatic heterocycles. The SMILES string of the molecule is CCCN1CCC(C(=O)O)C(c2cccc(C)c2)C1. The third-order valence-electron chi connectivity index (χ3n) is 4.02. The summed E-state index contributed by atoms with van der Waals surface area (Å²) in [5.41, 5.74) is 2.38. The molecule has 1 fully saturated rings. The van der Waals surface area contributed by atoms with Crippen molar-refractivity contribution in [3.05, 3.63) is 35.4 Å². The van der Waals surface area contributed by atoms with Crippen molar-refractivity contribution in [3.8, 4) is 0 Å². The summed E-state index contributed by atoms with van der Waals surface area (Å²) in [5, 5.41) is 9.44. The predicted molar refractivity (Wildman–Crippen MR) is 76.4 cm³/mol. The number of benzene rings is 1. The summed E-state index contributed by atoms with van der Waals surface area (Å²) >= 11 is 0. The number of aliphatic carboxylic acids is 1. The maximum atomic E-state index is 11.5. The van der Waals surface area contributed by atoms with E-state index in [1.807, 2.05) is 6.07 Å². The summed E-state index contributed by atoms with van der Waals surface area (Å²) in [4.78, 5) is 13.9. The van der Waals surface area contributed by atoms with Crippen LogP contribution < -0.4 is 0 Å². The Balaban J connectivity index is 2.22. The van der Waals surface area contributed by atoms with Crippen LogP contribution in [0.2, 0.25) is 0 Å². The molecule has 0 radical (unpaired) electrons. The molecule has 0 spiro atoms. The minimum Gasteiger partial charge on any atom is -0.481 e. The van der Waals surface area contributed by atoms with E-state index in [9.17, 15) is 9.90 Å². The molecule has 0 amide bonds. The number of carboxylic acids is 1. The van der Waals surface area contributed by atoms with E-state index in [-0.39, 0.29) is 11.8 Å². The van der Waals surface area contributed by atoms with Crippen molar-refractivity contribution in [2.24, 2.45) is 5.92 Å². The monoisotopic (exact) mass is 261 g/mol. The van der Waals surface area contributed by atoms with Crippen LogP contribution >= 0.6 is 0 Å². The molecule has 3 heteroatoms. The molecule has 0 aliphatic carbocycles. The summed E-state index contributed by atoms with van der Waals surface area (Å²) in [6.07, 6.45) is 1.88. The van der Waals surface area contributed by atoms with Crippen LogP contribution in [0, 0.1) is 12.8 Å². The number of nitrogens with zero attached hydrogens (tertiary/aromatic N) is 1. The summed E-state index contributed by atoms with van der Waals surface area (Å²) in [6.45, 7) is 7.08. The van der Waals surface area contributed by atoms with Crippen LogP contribution in [0.3, 0.4) is 0 Å². The number of rotatable bonds is 4. The average Bonchev–Trinajstić information content (AvgIpc) is 2.39. The quantitative estimate of drug-likeness (QED) is 0.906. The summed E-state index contributed by atoms with van der Waals surface area (Å²) in [7, 11) is 0. The maximum absolute atomic E-state index is 11.5. The van der Waals surface area contributed by atoms with Crippen LogP contribution in [-0.4, -0.2) is 35.6 Å². The lowest BCUT2D eigenvalue weighted by atomic mass is 9.80. The lowest BCUT2D eigenvalue weighted by Crippen LogP contribution is -2.42. The number of likely N-dealkylation sites (tertiary alicyclic amines) is 1. The van der Waals surface area contributed by atoms with E-state index >= 15 is 0 Å². The zero-order valence-corrected chi connectivity index (χ0v) is 11.8. The molecule has 1 N–H and O–H groups in total. The van der Waals surface area contributed by atoms with Gasteiger partial charge in [0.05, 0.1) is 5.92 Å². The molecule has 1 aliphatic rings. The van der Waals surface area contributed by atoms with Crippen LogP contribution in [0.25, 0.3) is 0 Å². The molecule has 0 aromatic heterocycles. The van der Waals surface area contributed by atoms with Crippen molar-refractivity contribution >= 4 is 5.97 Å². The molecule has 0 bridgehead atoms. The Morgan fingerprint density at radius 2 is 2.26 bits per heavy atom. The maximum Gasteiger partial charge on any atom is 0.307 e. The molecule has 3 nitrogen and oxygen atoms in total. The average molecular weight is 261 g/mol. The molecule has 2 rings (SSSR count). The molecule has 1 aromatic carbocycles. The van der Waals surface area contributed by atoms with Crippen molar-refractivity contribution in [2.75, 3.05) is 19.6 Å². The van der Waals surface area contributed by atoms with Gasteiger partial charge in [0.1, 0.15) is 0 Å². The van der Waals surface area contributed by atoms with Crippen LogP contribution in [0.1, 0.15) is 36.8 Å². The van der Waals surface area contributed by atoms with E-state index in [0.29, 0.717) is 0 Å². The number of carboxylic acid groups (broad SMARTS) is 1. The highest BCUT2D eigenvalue weighted by Gasteiger charge is 2.34. The highest BCUT2D eigenvalue weighted by molar-refractivity contribution is 5.71. The number of hydrogen-bond donors (Lipinski definition) is 1. The van der Waals surface area contributed by atoms with Gasteiger partial charge in [-0.05, 0) is 38.4 Å². The third-order valence-corrected chi connectivity index (χ3v) is 4.02. The molecule has 1 heterocycles. The van der Waals surface area contributed by atoms with Crippen molar-refractivity contribution in [2.45, 2.75) is 32.6 Å². The Bertz CT molecular complexity index is 444. The van der Waals surface area contributed by atoms with Gasteiger partial charge in [0, 0.05) is 12.5 Å². The smallest absolute Gasteiger partial charge is 0.307 e. The van der Waals surface area contributed by atoms with Crippen molar-refractivity contribution in [3.63, 3.8) is 0 Å². The Hall–Kier alpha value is -1.35. The molecule has 1 saturated heterocycles. The van der Waals surface area contributed by atoms with Gasteiger partial charge in [0.15, 0.2) is 0 Å². The van der Waals surface area contributed by atoms with Crippen LogP contribution in [0.5, 0.6) is 0 Å². The largest absolute Gasteiger partial charge is 0.481 e. The van der Waals surface area contributed by atoms with Gasteiger partial charge >= 0.3 is 5.97 Å². The normalized spacial score (nSPS) is 24.3. The van der Waals surface area contributed by atoms with Gasteiger partial charge in [-0.3, -0.25) is 4.79 Å². The first kappa shape index (κ1) is 14.1. The number of aryl methyl sites for hydroxylation is 1. The van der Waals surface area contributed by atoms with E-state index in [2.05, 4.69) is 36.9 Å².